The van der Waals surface area contributed by atoms with Crippen molar-refractivity contribution in [1.82, 2.24) is 25.1 Å². The van der Waals surface area contributed by atoms with Crippen LogP contribution in [0.5, 0.6) is 0 Å². The Morgan fingerprint density at radius 1 is 1.37 bits per heavy atom. The average molecular weight is 324 g/mol. The Morgan fingerprint density at radius 3 is 2.79 bits per heavy atom. The largest absolute Gasteiger partial charge is 0.311 e. The monoisotopic (exact) mass is 323 g/mol. The van der Waals surface area contributed by atoms with E-state index in [4.69, 9.17) is 0 Å². The lowest BCUT2D eigenvalue weighted by Crippen LogP contribution is -2.23. The zero-order valence-corrected chi connectivity index (χ0v) is 12.9. The second kappa shape index (κ2) is 6.25. The Kier molecular flexibility index (Phi) is 4.66. The third-order valence-electron chi connectivity index (χ3n) is 2.99. The molecule has 1 N–H and O–H groups in total. The second-order valence-corrected chi connectivity index (χ2v) is 5.48. The lowest BCUT2D eigenvalue weighted by molar-refractivity contribution is 0.473. The molecule has 0 bridgehead atoms. The summed E-state index contributed by atoms with van der Waals surface area (Å²) in [6.07, 6.45) is 4.16. The Balaban J connectivity index is 2.25. The first-order chi connectivity index (χ1) is 9.13. The molecule has 0 aliphatic carbocycles. The predicted octanol–water partition coefficient (Wildman–Crippen LogP) is 2.52. The highest BCUT2D eigenvalue weighted by atomic mass is 79.9. The first kappa shape index (κ1) is 14.1. The normalized spacial score (nSPS) is 12.9. The van der Waals surface area contributed by atoms with E-state index in [0.29, 0.717) is 6.04 Å². The van der Waals surface area contributed by atoms with Crippen LogP contribution in [-0.2, 0) is 6.42 Å². The average Bonchev–Trinajstić information content (AvgIpc) is 2.85. The molecule has 0 aromatic carbocycles. The number of likely N-dealkylation sites (N-methyl/N-ethyl adjacent to an activating group) is 1. The molecule has 19 heavy (non-hydrogen) atoms. The smallest absolute Gasteiger partial charge is 0.138 e. The Bertz CT molecular complexity index is 537. The van der Waals surface area contributed by atoms with E-state index in [1.165, 1.54) is 0 Å². The van der Waals surface area contributed by atoms with E-state index < -0.39 is 0 Å². The van der Waals surface area contributed by atoms with Crippen molar-refractivity contribution < 1.29 is 0 Å². The van der Waals surface area contributed by atoms with E-state index in [-0.39, 0.29) is 6.04 Å². The molecular weight excluding hydrogens is 306 g/mol. The summed E-state index contributed by atoms with van der Waals surface area (Å²) in [5.74, 6) is 0.965. The van der Waals surface area contributed by atoms with Gasteiger partial charge in [0.15, 0.2) is 0 Å². The van der Waals surface area contributed by atoms with E-state index in [0.717, 1.165) is 22.4 Å². The first-order valence-corrected chi connectivity index (χ1v) is 7.08. The molecule has 1 unspecified atom stereocenters. The zero-order valence-electron chi connectivity index (χ0n) is 11.3. The van der Waals surface area contributed by atoms with Crippen molar-refractivity contribution in [1.29, 1.82) is 0 Å². The Morgan fingerprint density at radius 2 is 2.16 bits per heavy atom. The standard InChI is InChI=1S/C13H18BrN5/c1-9(2)19-12(17-8-18-19)7-11(15-3)13-10(14)5-4-6-16-13/h4-6,8-9,11,15H,7H2,1-3H3. The summed E-state index contributed by atoms with van der Waals surface area (Å²) in [6, 6.07) is 4.33. The van der Waals surface area contributed by atoms with Gasteiger partial charge in [0, 0.05) is 23.1 Å². The van der Waals surface area contributed by atoms with Gasteiger partial charge in [-0.2, -0.15) is 5.10 Å². The Labute approximate surface area is 121 Å². The van der Waals surface area contributed by atoms with Crippen LogP contribution < -0.4 is 5.32 Å². The number of nitrogens with zero attached hydrogens (tertiary/aromatic N) is 4. The summed E-state index contributed by atoms with van der Waals surface area (Å²) in [6.45, 7) is 4.20. The van der Waals surface area contributed by atoms with Gasteiger partial charge in [0.1, 0.15) is 12.2 Å². The SMILES string of the molecule is CNC(Cc1ncnn1C(C)C)c1ncccc1Br. The van der Waals surface area contributed by atoms with Crippen molar-refractivity contribution in [2.45, 2.75) is 32.4 Å². The van der Waals surface area contributed by atoms with Crippen LogP contribution in [0.4, 0.5) is 0 Å². The van der Waals surface area contributed by atoms with Gasteiger partial charge in [-0.15, -0.1) is 0 Å². The maximum atomic E-state index is 4.44. The van der Waals surface area contributed by atoms with E-state index >= 15 is 0 Å². The van der Waals surface area contributed by atoms with Crippen LogP contribution in [0, 0.1) is 0 Å². The van der Waals surface area contributed by atoms with Crippen LogP contribution in [-0.4, -0.2) is 26.8 Å². The van der Waals surface area contributed by atoms with Gasteiger partial charge in [-0.05, 0) is 49.0 Å². The van der Waals surface area contributed by atoms with Gasteiger partial charge in [-0.1, -0.05) is 0 Å². The summed E-state index contributed by atoms with van der Waals surface area (Å²) in [5.41, 5.74) is 0.989. The van der Waals surface area contributed by atoms with Crippen LogP contribution in [0.2, 0.25) is 0 Å². The molecule has 6 heteroatoms. The molecule has 0 amide bonds. The minimum Gasteiger partial charge on any atom is -0.311 e. The van der Waals surface area contributed by atoms with E-state index in [1.54, 1.807) is 12.5 Å². The van der Waals surface area contributed by atoms with E-state index in [9.17, 15) is 0 Å². The van der Waals surface area contributed by atoms with E-state index in [2.05, 4.69) is 50.2 Å². The molecule has 0 spiro atoms. The van der Waals surface area contributed by atoms with Gasteiger partial charge < -0.3 is 5.32 Å². The number of rotatable bonds is 5. The van der Waals surface area contributed by atoms with Gasteiger partial charge in [-0.3, -0.25) is 4.98 Å². The van der Waals surface area contributed by atoms with Gasteiger partial charge in [0.2, 0.25) is 0 Å². The molecular formula is C13H18BrN5. The number of halogens is 1. The summed E-state index contributed by atoms with van der Waals surface area (Å²) in [4.78, 5) is 8.79. The lowest BCUT2D eigenvalue weighted by atomic mass is 10.1. The van der Waals surface area contributed by atoms with Crippen molar-refractivity contribution in [2.24, 2.45) is 0 Å². The van der Waals surface area contributed by atoms with Crippen LogP contribution in [0.1, 0.15) is 37.4 Å². The maximum Gasteiger partial charge on any atom is 0.138 e. The second-order valence-electron chi connectivity index (χ2n) is 4.63. The van der Waals surface area contributed by atoms with Gasteiger partial charge in [-0.25, -0.2) is 9.67 Å². The van der Waals surface area contributed by atoms with Crippen molar-refractivity contribution in [3.05, 3.63) is 40.6 Å². The van der Waals surface area contributed by atoms with Crippen molar-refractivity contribution in [3.8, 4) is 0 Å². The molecule has 2 aromatic heterocycles. The highest BCUT2D eigenvalue weighted by Gasteiger charge is 2.18. The Hall–Kier alpha value is -1.27. The van der Waals surface area contributed by atoms with Gasteiger partial charge in [0.05, 0.1) is 11.7 Å². The molecule has 102 valence electrons. The van der Waals surface area contributed by atoms with Gasteiger partial charge in [0.25, 0.3) is 0 Å². The fraction of sp³-hybridized carbons (Fsp3) is 0.462. The number of pyridine rings is 1. The van der Waals surface area contributed by atoms with Crippen LogP contribution in [0.25, 0.3) is 0 Å². The highest BCUT2D eigenvalue weighted by Crippen LogP contribution is 2.23. The number of aromatic nitrogens is 4. The third-order valence-corrected chi connectivity index (χ3v) is 3.66. The fourth-order valence-corrected chi connectivity index (χ4v) is 2.56. The fourth-order valence-electron chi connectivity index (χ4n) is 2.02. The summed E-state index contributed by atoms with van der Waals surface area (Å²) < 4.78 is 2.95. The minimum absolute atomic E-state index is 0.109. The minimum atomic E-state index is 0.109. The van der Waals surface area contributed by atoms with E-state index in [1.807, 2.05) is 23.9 Å². The van der Waals surface area contributed by atoms with Crippen molar-refractivity contribution >= 4 is 15.9 Å². The van der Waals surface area contributed by atoms with Gasteiger partial charge >= 0.3 is 0 Å². The summed E-state index contributed by atoms with van der Waals surface area (Å²) >= 11 is 3.54. The topological polar surface area (TPSA) is 55.6 Å². The zero-order chi connectivity index (χ0) is 13.8. The molecule has 1 atom stereocenters. The number of hydrogen-bond donors (Lipinski definition) is 1. The lowest BCUT2D eigenvalue weighted by Gasteiger charge is -2.18. The van der Waals surface area contributed by atoms with Crippen LogP contribution in [0.15, 0.2) is 29.1 Å². The molecule has 0 aliphatic heterocycles. The first-order valence-electron chi connectivity index (χ1n) is 6.29. The highest BCUT2D eigenvalue weighted by molar-refractivity contribution is 9.10. The van der Waals surface area contributed by atoms with Crippen LogP contribution >= 0.6 is 15.9 Å². The van der Waals surface area contributed by atoms with Crippen molar-refractivity contribution in [3.63, 3.8) is 0 Å². The predicted molar refractivity (Wildman–Crippen MR) is 77.8 cm³/mol. The molecule has 5 nitrogen and oxygen atoms in total. The quantitative estimate of drug-likeness (QED) is 0.918. The summed E-state index contributed by atoms with van der Waals surface area (Å²) in [7, 11) is 1.93. The molecule has 0 fully saturated rings. The maximum absolute atomic E-state index is 4.44. The molecule has 0 saturated carbocycles. The molecule has 0 radical (unpaired) electrons. The summed E-state index contributed by atoms with van der Waals surface area (Å²) in [5, 5.41) is 7.55. The van der Waals surface area contributed by atoms with Crippen molar-refractivity contribution in [2.75, 3.05) is 7.05 Å². The van der Waals surface area contributed by atoms with Crippen LogP contribution in [0.3, 0.4) is 0 Å². The molecule has 0 saturated heterocycles. The molecule has 2 aromatic rings. The number of nitrogens with one attached hydrogen (secondary N) is 1. The molecule has 2 rings (SSSR count). The third kappa shape index (κ3) is 3.19. The molecule has 0 aliphatic rings. The molecule has 2 heterocycles. The number of hydrogen-bond acceptors (Lipinski definition) is 4.